The number of rotatable bonds is 6. The summed E-state index contributed by atoms with van der Waals surface area (Å²) in [5.74, 6) is 0.0835. The Morgan fingerprint density at radius 2 is 2.00 bits per heavy atom. The largest absolute Gasteiger partial charge is 0.308 e. The van der Waals surface area contributed by atoms with Gasteiger partial charge < -0.3 is 5.32 Å². The molecule has 4 nitrogen and oxygen atoms in total. The minimum absolute atomic E-state index is 0.0835. The normalized spacial score (nSPS) is 13.3. The summed E-state index contributed by atoms with van der Waals surface area (Å²) in [5, 5.41) is 6.21. The van der Waals surface area contributed by atoms with Gasteiger partial charge in [-0.2, -0.15) is 0 Å². The van der Waals surface area contributed by atoms with Crippen molar-refractivity contribution in [2.45, 2.75) is 31.3 Å². The van der Waals surface area contributed by atoms with Gasteiger partial charge in [-0.25, -0.2) is 13.4 Å². The molecule has 0 spiro atoms. The van der Waals surface area contributed by atoms with E-state index in [2.05, 4.69) is 10.3 Å². The molecule has 0 amide bonds. The molecule has 0 fully saturated rings. The fraction of sp³-hybridized carbons (Fsp3) is 0.357. The number of aryl methyl sites for hydroxylation is 1. The molecule has 0 saturated carbocycles. The molecule has 1 aromatic carbocycles. The average molecular weight is 310 g/mol. The molecule has 20 heavy (non-hydrogen) atoms. The van der Waals surface area contributed by atoms with Gasteiger partial charge in [0.2, 0.25) is 0 Å². The summed E-state index contributed by atoms with van der Waals surface area (Å²) in [6.07, 6.45) is 0. The van der Waals surface area contributed by atoms with Gasteiger partial charge in [0.1, 0.15) is 0 Å². The average Bonchev–Trinajstić information content (AvgIpc) is 2.83. The summed E-state index contributed by atoms with van der Waals surface area (Å²) < 4.78 is 24.4. The molecule has 0 aliphatic heterocycles. The van der Waals surface area contributed by atoms with Crippen LogP contribution in [0.2, 0.25) is 0 Å². The van der Waals surface area contributed by atoms with E-state index in [1.54, 1.807) is 35.6 Å². The molecule has 1 N–H and O–H groups in total. The Hall–Kier alpha value is -1.24. The van der Waals surface area contributed by atoms with Crippen molar-refractivity contribution in [3.63, 3.8) is 0 Å². The Labute approximate surface area is 123 Å². The third kappa shape index (κ3) is 4.13. The van der Waals surface area contributed by atoms with Crippen LogP contribution in [0.15, 0.2) is 40.6 Å². The first-order valence-corrected chi connectivity index (χ1v) is 8.93. The lowest BCUT2D eigenvalue weighted by molar-refractivity contribution is 0.553. The highest BCUT2D eigenvalue weighted by atomic mass is 32.2. The summed E-state index contributed by atoms with van der Waals surface area (Å²) in [6, 6.07) is 8.43. The first-order valence-electron chi connectivity index (χ1n) is 6.39. The summed E-state index contributed by atoms with van der Waals surface area (Å²) >= 11 is 1.60. The molecule has 2 aromatic rings. The van der Waals surface area contributed by atoms with Gasteiger partial charge in [-0.15, -0.1) is 11.3 Å². The lowest BCUT2D eigenvalue weighted by Crippen LogP contribution is -2.32. The van der Waals surface area contributed by atoms with Crippen LogP contribution in [-0.2, 0) is 16.4 Å². The van der Waals surface area contributed by atoms with Crippen LogP contribution in [0, 0.1) is 6.92 Å². The van der Waals surface area contributed by atoms with Crippen LogP contribution in [-0.4, -0.2) is 25.2 Å². The zero-order valence-corrected chi connectivity index (χ0v) is 13.2. The van der Waals surface area contributed by atoms with Crippen molar-refractivity contribution in [2.24, 2.45) is 0 Å². The van der Waals surface area contributed by atoms with Gasteiger partial charge in [0.25, 0.3) is 0 Å². The zero-order valence-electron chi connectivity index (χ0n) is 11.5. The summed E-state index contributed by atoms with van der Waals surface area (Å²) in [6.45, 7) is 4.42. The molecule has 1 heterocycles. The predicted molar refractivity (Wildman–Crippen MR) is 81.6 cm³/mol. The van der Waals surface area contributed by atoms with Gasteiger partial charge in [0.05, 0.1) is 21.3 Å². The molecule has 6 heteroatoms. The highest BCUT2D eigenvalue weighted by Crippen LogP contribution is 2.12. The van der Waals surface area contributed by atoms with Gasteiger partial charge in [0.15, 0.2) is 9.84 Å². The second kappa shape index (κ2) is 6.47. The van der Waals surface area contributed by atoms with Crippen LogP contribution >= 0.6 is 11.3 Å². The maximum absolute atomic E-state index is 12.2. The molecule has 0 bridgehead atoms. The van der Waals surface area contributed by atoms with Crippen molar-refractivity contribution >= 4 is 21.2 Å². The second-order valence-electron chi connectivity index (χ2n) is 4.73. The summed E-state index contributed by atoms with van der Waals surface area (Å²) in [7, 11) is -3.24. The van der Waals surface area contributed by atoms with E-state index in [-0.39, 0.29) is 11.8 Å². The van der Waals surface area contributed by atoms with Crippen molar-refractivity contribution in [2.75, 3.05) is 5.75 Å². The van der Waals surface area contributed by atoms with E-state index >= 15 is 0 Å². The fourth-order valence-corrected chi connectivity index (χ4v) is 4.03. The maximum Gasteiger partial charge on any atom is 0.179 e. The number of benzene rings is 1. The van der Waals surface area contributed by atoms with Crippen LogP contribution in [0.25, 0.3) is 0 Å². The van der Waals surface area contributed by atoms with E-state index in [1.165, 1.54) is 0 Å². The Bertz CT molecular complexity index is 651. The third-order valence-corrected chi connectivity index (χ3v) is 5.62. The number of thiazole rings is 1. The van der Waals surface area contributed by atoms with Crippen LogP contribution in [0.4, 0.5) is 0 Å². The van der Waals surface area contributed by atoms with E-state index in [4.69, 9.17) is 0 Å². The van der Waals surface area contributed by atoms with E-state index in [9.17, 15) is 8.42 Å². The second-order valence-corrected chi connectivity index (χ2v) is 7.83. The smallest absolute Gasteiger partial charge is 0.179 e. The minimum atomic E-state index is -3.24. The van der Waals surface area contributed by atoms with Gasteiger partial charge in [-0.05, 0) is 26.0 Å². The Kier molecular flexibility index (Phi) is 4.91. The molecule has 1 aromatic heterocycles. The van der Waals surface area contributed by atoms with Crippen molar-refractivity contribution < 1.29 is 8.42 Å². The van der Waals surface area contributed by atoms with Gasteiger partial charge >= 0.3 is 0 Å². The van der Waals surface area contributed by atoms with Crippen LogP contribution < -0.4 is 5.32 Å². The first kappa shape index (κ1) is 15.2. The van der Waals surface area contributed by atoms with Gasteiger partial charge in [-0.1, -0.05) is 18.2 Å². The predicted octanol–water partition coefficient (Wildman–Crippen LogP) is 2.40. The summed E-state index contributed by atoms with van der Waals surface area (Å²) in [4.78, 5) is 4.72. The van der Waals surface area contributed by atoms with Crippen molar-refractivity contribution in [1.82, 2.24) is 10.3 Å². The van der Waals surface area contributed by atoms with Crippen LogP contribution in [0.5, 0.6) is 0 Å². The summed E-state index contributed by atoms with van der Waals surface area (Å²) in [5.41, 5.74) is 0.955. The fourth-order valence-electron chi connectivity index (χ4n) is 1.88. The van der Waals surface area contributed by atoms with E-state index in [0.29, 0.717) is 11.4 Å². The molecule has 2 rings (SSSR count). The maximum atomic E-state index is 12.2. The highest BCUT2D eigenvalue weighted by Gasteiger charge is 2.17. The third-order valence-electron chi connectivity index (χ3n) is 2.87. The standard InChI is InChI=1S/C14H18N2O2S2/c1-11(15-8-13-9-19-12(2)16-13)10-20(17,18)14-6-4-3-5-7-14/h3-7,9,11,15H,8,10H2,1-2H3/t11-/m1/s1. The van der Waals surface area contributed by atoms with Crippen LogP contribution in [0.3, 0.4) is 0 Å². The molecule has 0 unspecified atom stereocenters. The SMILES string of the molecule is Cc1nc(CN[C@H](C)CS(=O)(=O)c2ccccc2)cs1. The monoisotopic (exact) mass is 310 g/mol. The number of nitrogens with one attached hydrogen (secondary N) is 1. The molecule has 1 atom stereocenters. The molecule has 0 aliphatic carbocycles. The minimum Gasteiger partial charge on any atom is -0.308 e. The molecular weight excluding hydrogens is 292 g/mol. The zero-order chi connectivity index (χ0) is 14.6. The van der Waals surface area contributed by atoms with Gasteiger partial charge in [0, 0.05) is 18.0 Å². The van der Waals surface area contributed by atoms with Crippen LogP contribution in [0.1, 0.15) is 17.6 Å². The number of aromatic nitrogens is 1. The Morgan fingerprint density at radius 1 is 1.30 bits per heavy atom. The molecule has 0 saturated heterocycles. The Morgan fingerprint density at radius 3 is 2.60 bits per heavy atom. The number of sulfone groups is 1. The van der Waals surface area contributed by atoms with E-state index < -0.39 is 9.84 Å². The lowest BCUT2D eigenvalue weighted by atomic mass is 10.3. The number of nitrogens with zero attached hydrogens (tertiary/aromatic N) is 1. The van der Waals surface area contributed by atoms with E-state index in [0.717, 1.165) is 10.7 Å². The first-order chi connectivity index (χ1) is 9.47. The quantitative estimate of drug-likeness (QED) is 0.890. The number of hydrogen-bond acceptors (Lipinski definition) is 5. The molecule has 108 valence electrons. The molecule has 0 aliphatic rings. The van der Waals surface area contributed by atoms with E-state index in [1.807, 2.05) is 25.3 Å². The van der Waals surface area contributed by atoms with Crippen molar-refractivity contribution in [3.05, 3.63) is 46.4 Å². The highest BCUT2D eigenvalue weighted by molar-refractivity contribution is 7.91. The molecule has 0 radical (unpaired) electrons. The topological polar surface area (TPSA) is 59.1 Å². The molecular formula is C14H18N2O2S2. The lowest BCUT2D eigenvalue weighted by Gasteiger charge is -2.13. The van der Waals surface area contributed by atoms with Gasteiger partial charge in [-0.3, -0.25) is 0 Å². The Balaban J connectivity index is 1.92. The van der Waals surface area contributed by atoms with Crippen molar-refractivity contribution in [3.8, 4) is 0 Å². The van der Waals surface area contributed by atoms with Crippen molar-refractivity contribution in [1.29, 1.82) is 0 Å². The number of hydrogen-bond donors (Lipinski definition) is 1.